The Kier molecular flexibility index (Phi) is 6.27. The first-order chi connectivity index (χ1) is 11.4. The van der Waals surface area contributed by atoms with Gasteiger partial charge in [0.15, 0.2) is 6.10 Å². The average molecular weight is 346 g/mol. The molecule has 0 aliphatic carbocycles. The van der Waals surface area contributed by atoms with E-state index in [4.69, 9.17) is 16.3 Å². The van der Waals surface area contributed by atoms with Crippen LogP contribution < -0.4 is 10.1 Å². The molecule has 0 bridgehead atoms. The van der Waals surface area contributed by atoms with E-state index >= 15 is 0 Å². The van der Waals surface area contributed by atoms with E-state index in [9.17, 15) is 4.79 Å². The Morgan fingerprint density at radius 1 is 1.12 bits per heavy atom. The fraction of sp³-hybridized carbons (Fsp3) is 0.350. The van der Waals surface area contributed by atoms with E-state index < -0.39 is 6.10 Å². The molecule has 0 aliphatic heterocycles. The summed E-state index contributed by atoms with van der Waals surface area (Å²) < 4.78 is 5.79. The van der Waals surface area contributed by atoms with Crippen molar-refractivity contribution in [2.45, 2.75) is 46.3 Å². The van der Waals surface area contributed by atoms with Crippen molar-refractivity contribution < 1.29 is 9.53 Å². The summed E-state index contributed by atoms with van der Waals surface area (Å²) >= 11 is 5.87. The highest BCUT2D eigenvalue weighted by Crippen LogP contribution is 2.20. The summed E-state index contributed by atoms with van der Waals surface area (Å²) in [7, 11) is 0. The van der Waals surface area contributed by atoms with Crippen LogP contribution in [0.2, 0.25) is 5.02 Å². The number of amides is 1. The minimum Gasteiger partial charge on any atom is -0.481 e. The number of aryl methyl sites for hydroxylation is 2. The molecule has 0 saturated carbocycles. The molecule has 3 nitrogen and oxygen atoms in total. The molecule has 2 aromatic rings. The third-order valence-corrected chi connectivity index (χ3v) is 4.40. The lowest BCUT2D eigenvalue weighted by Crippen LogP contribution is -2.39. The fourth-order valence-corrected chi connectivity index (χ4v) is 2.55. The quantitative estimate of drug-likeness (QED) is 0.800. The second-order valence-corrected chi connectivity index (χ2v) is 6.48. The Morgan fingerprint density at radius 3 is 2.38 bits per heavy atom. The molecule has 0 aliphatic rings. The van der Waals surface area contributed by atoms with Gasteiger partial charge in [0.25, 0.3) is 5.91 Å². The first-order valence-electron chi connectivity index (χ1n) is 8.20. The van der Waals surface area contributed by atoms with Gasteiger partial charge in [0.2, 0.25) is 0 Å². The van der Waals surface area contributed by atoms with Crippen LogP contribution in [-0.2, 0) is 4.79 Å². The molecule has 0 radical (unpaired) electrons. The zero-order valence-electron chi connectivity index (χ0n) is 14.6. The van der Waals surface area contributed by atoms with Crippen LogP contribution in [0.25, 0.3) is 0 Å². The molecule has 0 heterocycles. The molecule has 1 N–H and O–H groups in total. The predicted molar refractivity (Wildman–Crippen MR) is 98.6 cm³/mol. The maximum absolute atomic E-state index is 12.5. The fourth-order valence-electron chi connectivity index (χ4n) is 2.42. The van der Waals surface area contributed by atoms with Gasteiger partial charge < -0.3 is 10.1 Å². The van der Waals surface area contributed by atoms with Gasteiger partial charge in [-0.15, -0.1) is 0 Å². The Bertz CT molecular complexity index is 697. The summed E-state index contributed by atoms with van der Waals surface area (Å²) in [6.45, 7) is 8.07. The minimum atomic E-state index is -0.528. The molecule has 2 aromatic carbocycles. The van der Waals surface area contributed by atoms with E-state index in [-0.39, 0.29) is 11.9 Å². The van der Waals surface area contributed by atoms with E-state index in [2.05, 4.69) is 31.3 Å². The lowest BCUT2D eigenvalue weighted by Gasteiger charge is -2.21. The second kappa shape index (κ2) is 8.20. The van der Waals surface area contributed by atoms with Crippen molar-refractivity contribution in [3.05, 3.63) is 64.2 Å². The summed E-state index contributed by atoms with van der Waals surface area (Å²) in [5.74, 6) is 0.526. The van der Waals surface area contributed by atoms with Crippen LogP contribution in [0.15, 0.2) is 42.5 Å². The topological polar surface area (TPSA) is 38.3 Å². The lowest BCUT2D eigenvalue weighted by atomic mass is 10.0. The molecule has 0 aromatic heterocycles. The number of rotatable bonds is 6. The monoisotopic (exact) mass is 345 g/mol. The van der Waals surface area contributed by atoms with Crippen molar-refractivity contribution in [3.8, 4) is 5.75 Å². The van der Waals surface area contributed by atoms with E-state index in [1.807, 2.05) is 19.9 Å². The minimum absolute atomic E-state index is 0.0698. The van der Waals surface area contributed by atoms with Gasteiger partial charge in [-0.05, 0) is 68.1 Å². The number of hydrogen-bond acceptors (Lipinski definition) is 2. The molecule has 1 amide bonds. The number of halogens is 1. The van der Waals surface area contributed by atoms with Gasteiger partial charge in [-0.2, -0.15) is 0 Å². The molecule has 4 heteroatoms. The van der Waals surface area contributed by atoms with Crippen LogP contribution in [0, 0.1) is 13.8 Å². The number of nitrogens with one attached hydrogen (secondary N) is 1. The van der Waals surface area contributed by atoms with Crippen LogP contribution in [0.5, 0.6) is 5.75 Å². The number of benzene rings is 2. The second-order valence-electron chi connectivity index (χ2n) is 6.04. The first kappa shape index (κ1) is 18.3. The number of hydrogen-bond donors (Lipinski definition) is 1. The lowest BCUT2D eigenvalue weighted by molar-refractivity contribution is -0.128. The maximum Gasteiger partial charge on any atom is 0.261 e. The molecule has 0 fully saturated rings. The Morgan fingerprint density at radius 2 is 1.79 bits per heavy atom. The summed E-state index contributed by atoms with van der Waals surface area (Å²) in [5.41, 5.74) is 3.56. The van der Waals surface area contributed by atoms with Gasteiger partial charge in [-0.3, -0.25) is 4.79 Å². The molecule has 2 rings (SSSR count). The number of carbonyl (C=O) groups is 1. The normalized spacial score (nSPS) is 13.2. The third-order valence-electron chi connectivity index (χ3n) is 4.14. The van der Waals surface area contributed by atoms with Crippen molar-refractivity contribution >= 4 is 17.5 Å². The van der Waals surface area contributed by atoms with Gasteiger partial charge >= 0.3 is 0 Å². The van der Waals surface area contributed by atoms with Crippen molar-refractivity contribution in [1.29, 1.82) is 0 Å². The standard InChI is InChI=1S/C20H24ClNO2/c1-5-19(24-18-10-8-17(21)9-11-18)20(23)22-15(4)16-7-6-13(2)14(3)12-16/h6-12,15,19H,5H2,1-4H3,(H,22,23)/t15-,19-/m1/s1. The van der Waals surface area contributed by atoms with Crippen LogP contribution in [0.1, 0.15) is 43.0 Å². The van der Waals surface area contributed by atoms with Crippen LogP contribution in [0.3, 0.4) is 0 Å². The number of ether oxygens (including phenoxy) is 1. The largest absolute Gasteiger partial charge is 0.481 e. The number of carbonyl (C=O) groups excluding carboxylic acids is 1. The van der Waals surface area contributed by atoms with E-state index in [0.717, 1.165) is 5.56 Å². The Labute approximate surface area is 149 Å². The highest BCUT2D eigenvalue weighted by molar-refractivity contribution is 6.30. The Balaban J connectivity index is 2.02. The van der Waals surface area contributed by atoms with Gasteiger partial charge in [-0.1, -0.05) is 36.7 Å². The smallest absolute Gasteiger partial charge is 0.261 e. The predicted octanol–water partition coefficient (Wildman–Crippen LogP) is 4.99. The van der Waals surface area contributed by atoms with Crippen molar-refractivity contribution in [2.75, 3.05) is 0 Å². The van der Waals surface area contributed by atoms with Crippen molar-refractivity contribution in [2.24, 2.45) is 0 Å². The van der Waals surface area contributed by atoms with Crippen LogP contribution >= 0.6 is 11.6 Å². The van der Waals surface area contributed by atoms with Crippen molar-refractivity contribution in [3.63, 3.8) is 0 Å². The molecule has 0 unspecified atom stereocenters. The van der Waals surface area contributed by atoms with Gasteiger partial charge in [0, 0.05) is 5.02 Å². The average Bonchev–Trinajstić information content (AvgIpc) is 2.56. The van der Waals surface area contributed by atoms with Gasteiger partial charge in [-0.25, -0.2) is 0 Å². The van der Waals surface area contributed by atoms with Gasteiger partial charge in [0.05, 0.1) is 6.04 Å². The molecule has 2 atom stereocenters. The van der Waals surface area contributed by atoms with E-state index in [1.165, 1.54) is 11.1 Å². The SMILES string of the molecule is CC[C@@H](Oc1ccc(Cl)cc1)C(=O)N[C@H](C)c1ccc(C)c(C)c1. The first-order valence-corrected chi connectivity index (χ1v) is 8.58. The molecule has 0 saturated heterocycles. The zero-order chi connectivity index (χ0) is 17.7. The van der Waals surface area contributed by atoms with E-state index in [0.29, 0.717) is 17.2 Å². The molecular weight excluding hydrogens is 322 g/mol. The van der Waals surface area contributed by atoms with Crippen LogP contribution in [-0.4, -0.2) is 12.0 Å². The molecule has 24 heavy (non-hydrogen) atoms. The molecule has 128 valence electrons. The highest BCUT2D eigenvalue weighted by atomic mass is 35.5. The zero-order valence-corrected chi connectivity index (χ0v) is 15.4. The van der Waals surface area contributed by atoms with Gasteiger partial charge in [0.1, 0.15) is 5.75 Å². The summed E-state index contributed by atoms with van der Waals surface area (Å²) in [6.07, 6.45) is 0.0638. The van der Waals surface area contributed by atoms with Crippen molar-refractivity contribution in [1.82, 2.24) is 5.32 Å². The van der Waals surface area contributed by atoms with E-state index in [1.54, 1.807) is 24.3 Å². The highest BCUT2D eigenvalue weighted by Gasteiger charge is 2.20. The third kappa shape index (κ3) is 4.75. The summed E-state index contributed by atoms with van der Waals surface area (Å²) in [5, 5.41) is 3.68. The van der Waals surface area contributed by atoms with Crippen LogP contribution in [0.4, 0.5) is 0 Å². The molecule has 0 spiro atoms. The summed E-state index contributed by atoms with van der Waals surface area (Å²) in [4.78, 5) is 12.5. The Hall–Kier alpha value is -2.00. The molecular formula is C20H24ClNO2. The summed E-state index contributed by atoms with van der Waals surface area (Å²) in [6, 6.07) is 13.2. The maximum atomic E-state index is 12.5.